The van der Waals surface area contributed by atoms with Gasteiger partial charge in [0.15, 0.2) is 0 Å². The number of rotatable bonds is 70. The van der Waals surface area contributed by atoms with E-state index in [9.17, 15) is 5.53 Å². The summed E-state index contributed by atoms with van der Waals surface area (Å²) >= 11 is 0. The molecule has 0 saturated heterocycles. The molecule has 3 rings (SSSR count). The number of allylic oxidation sites excluding steroid dienone is 2. The molecule has 0 spiro atoms. The minimum Gasteiger partial charge on any atom is -0.493 e. The second-order valence-electron chi connectivity index (χ2n) is 30.6. The minimum absolute atomic E-state index is 0. The van der Waals surface area contributed by atoms with Crippen LogP contribution in [0.3, 0.4) is 0 Å². The van der Waals surface area contributed by atoms with Crippen molar-refractivity contribution in [2.75, 3.05) is 0 Å². The second-order valence-corrected chi connectivity index (χ2v) is 30.6. The van der Waals surface area contributed by atoms with E-state index in [1.807, 2.05) is 0 Å². The van der Waals surface area contributed by atoms with Crippen LogP contribution in [-0.4, -0.2) is 4.70 Å². The largest absolute Gasteiger partial charge is 2.00 e. The number of nitrogens with zero attached hydrogens (tertiary/aromatic N) is 2. The van der Waals surface area contributed by atoms with Gasteiger partial charge >= 0.3 is 16.5 Å². The first kappa shape index (κ1) is 95.0. The Hall–Kier alpha value is -1.99. The van der Waals surface area contributed by atoms with Gasteiger partial charge in [0.2, 0.25) is 11.4 Å². The molecule has 0 bridgehead atoms. The van der Waals surface area contributed by atoms with Crippen LogP contribution in [0.25, 0.3) is 16.9 Å². The molecule has 0 amide bonds. The maximum atomic E-state index is 12.4. The molecule has 97 heavy (non-hydrogen) atoms. The van der Waals surface area contributed by atoms with Crippen molar-refractivity contribution in [2.24, 2.45) is 0 Å². The fourth-order valence-electron chi connectivity index (χ4n) is 14.7. The molecule has 0 N–H and O–H groups in total. The Kier molecular flexibility index (Phi) is 75.1. The Balaban J connectivity index is 0.00000309. The molecule has 0 saturated carbocycles. The van der Waals surface area contributed by atoms with Gasteiger partial charge < -0.3 is 19.4 Å². The van der Waals surface area contributed by atoms with E-state index in [-0.39, 0.29) is 16.5 Å². The molecule has 1 heterocycles. The Bertz CT molecular complexity index is 1930. The molecule has 1 aliphatic rings. The monoisotopic (exact) mass is 1390 g/mol. The SMILES string of the molecule is CCCCCCCCCCCCCCCCCCCCCCCc1cccc(C2=C(CCCCC)C(CCCCCCCCCCCCCCCCCCCCCC)=C(c3ccc(CCCC)cc3)[N+]2=[N-])c1.[CH2-]CCCCCCCCCCC.[CH2-]CCCCCCCCCCC.[Ni+2]. The molecule has 0 aliphatic carbocycles. The second kappa shape index (κ2) is 76.6. The number of hydrogen-bond acceptors (Lipinski definition) is 0. The van der Waals surface area contributed by atoms with Crippen molar-refractivity contribution in [1.29, 1.82) is 0 Å². The van der Waals surface area contributed by atoms with Crippen LogP contribution in [0.4, 0.5) is 0 Å². The summed E-state index contributed by atoms with van der Waals surface area (Å²) in [5.74, 6) is 0. The number of benzene rings is 2. The minimum atomic E-state index is 0. The smallest absolute Gasteiger partial charge is 0.493 e. The van der Waals surface area contributed by atoms with E-state index in [0.29, 0.717) is 0 Å². The fourth-order valence-corrected chi connectivity index (χ4v) is 14.7. The molecule has 2 nitrogen and oxygen atoms in total. The van der Waals surface area contributed by atoms with Gasteiger partial charge in [0.05, 0.1) is 0 Å². The molecule has 0 unspecified atom stereocenters. The van der Waals surface area contributed by atoms with E-state index in [1.54, 1.807) is 4.70 Å². The maximum Gasteiger partial charge on any atom is 2.00 e. The molecular formula is C94H170N2Ni. The van der Waals surface area contributed by atoms with Crippen molar-refractivity contribution in [3.8, 4) is 0 Å². The first-order valence-electron chi connectivity index (χ1n) is 44.2. The van der Waals surface area contributed by atoms with E-state index in [0.717, 1.165) is 49.9 Å². The van der Waals surface area contributed by atoms with Crippen LogP contribution in [0.1, 0.15) is 500 Å². The first-order valence-corrected chi connectivity index (χ1v) is 44.2. The van der Waals surface area contributed by atoms with Gasteiger partial charge in [0, 0.05) is 22.3 Å². The summed E-state index contributed by atoms with van der Waals surface area (Å²) in [7, 11) is 0. The van der Waals surface area contributed by atoms with Crippen molar-refractivity contribution < 1.29 is 21.2 Å². The summed E-state index contributed by atoms with van der Waals surface area (Å²) in [6.07, 6.45) is 96.3. The zero-order chi connectivity index (χ0) is 69.4. The van der Waals surface area contributed by atoms with Crippen LogP contribution in [0.15, 0.2) is 59.7 Å². The maximum absolute atomic E-state index is 12.4. The van der Waals surface area contributed by atoms with Gasteiger partial charge in [0.25, 0.3) is 0 Å². The quantitative estimate of drug-likeness (QED) is 0.0273. The van der Waals surface area contributed by atoms with Crippen molar-refractivity contribution in [2.45, 2.75) is 491 Å². The summed E-state index contributed by atoms with van der Waals surface area (Å²) < 4.78 is 1.63. The molecule has 1 aliphatic heterocycles. The third-order valence-electron chi connectivity index (χ3n) is 21.2. The van der Waals surface area contributed by atoms with E-state index in [1.165, 1.54) is 444 Å². The summed E-state index contributed by atoms with van der Waals surface area (Å²) in [6.45, 7) is 21.4. The predicted octanol–water partition coefficient (Wildman–Crippen LogP) is 34.2. The number of aryl methyl sites for hydroxylation is 2. The molecule has 3 heteroatoms. The average molecular weight is 1390 g/mol. The van der Waals surface area contributed by atoms with E-state index >= 15 is 0 Å². The van der Waals surface area contributed by atoms with Gasteiger partial charge in [0.1, 0.15) is 0 Å². The third kappa shape index (κ3) is 57.2. The number of unbranched alkanes of at least 4 members (excludes halogenated alkanes) is 60. The van der Waals surface area contributed by atoms with Crippen LogP contribution in [0, 0.1) is 13.8 Å². The summed E-state index contributed by atoms with van der Waals surface area (Å²) in [5, 5.41) is 0. The van der Waals surface area contributed by atoms with Crippen LogP contribution in [-0.2, 0) is 29.3 Å². The van der Waals surface area contributed by atoms with Gasteiger partial charge in [-0.05, 0) is 86.8 Å². The van der Waals surface area contributed by atoms with Crippen LogP contribution < -0.4 is 0 Å². The normalized spacial score (nSPS) is 12.2. The molecule has 0 atom stereocenters. The van der Waals surface area contributed by atoms with Gasteiger partial charge in [-0.3, -0.25) is 0 Å². The molecular weight excluding hydrogens is 1220 g/mol. The van der Waals surface area contributed by atoms with Gasteiger partial charge in [-0.15, -0.1) is 0 Å². The zero-order valence-electron chi connectivity index (χ0n) is 66.7. The molecule has 0 radical (unpaired) electrons. The average Bonchev–Trinajstić information content (AvgIpc) is 1.62. The van der Waals surface area contributed by atoms with Crippen LogP contribution in [0.5, 0.6) is 0 Å². The molecule has 2 aromatic carbocycles. The van der Waals surface area contributed by atoms with E-state index in [2.05, 4.69) is 104 Å². The Labute approximate surface area is 621 Å². The van der Waals surface area contributed by atoms with Crippen LogP contribution in [0.2, 0.25) is 0 Å². The molecule has 2 aromatic rings. The molecule has 0 fully saturated rings. The third-order valence-corrected chi connectivity index (χ3v) is 21.2. The van der Waals surface area contributed by atoms with Gasteiger partial charge in [-0.2, -0.15) is 12.8 Å². The standard InChI is InChI=1S/C70H120N2.2C12H25.Ni/c1-5-9-13-15-17-19-21-23-25-27-29-31-32-34-36-38-40-42-44-46-49-53-64-54-51-55-66(62-64)70-68(56-48-11-7-3)67(69(72(70)71)65-60-58-63(59-61-65)52-12-8-4)57-50-47-45-43-41-39-37-35-33-30-28-26-24-22-20-18-16-14-10-6-2;2*1-3-5-7-9-11-12-10-8-6-4-2;/h51,54-55,58-62H,5-50,52-53,56-57H2,1-4H3;2*1,3-12H2,2H3;/q;2*-1;+2. The Morgan fingerprint density at radius 2 is 0.464 bits per heavy atom. The zero-order valence-corrected chi connectivity index (χ0v) is 67.7. The molecule has 0 aromatic heterocycles. The van der Waals surface area contributed by atoms with Crippen LogP contribution >= 0.6 is 0 Å². The van der Waals surface area contributed by atoms with Crippen molar-refractivity contribution in [3.05, 3.63) is 101 Å². The van der Waals surface area contributed by atoms with Crippen molar-refractivity contribution in [3.63, 3.8) is 0 Å². The predicted molar refractivity (Wildman–Crippen MR) is 436 cm³/mol. The van der Waals surface area contributed by atoms with Gasteiger partial charge in [-0.1, -0.05) is 451 Å². The van der Waals surface area contributed by atoms with Crippen molar-refractivity contribution >= 4 is 11.4 Å². The fraction of sp³-hybridized carbons (Fsp3) is 0.809. The summed E-state index contributed by atoms with van der Waals surface area (Å²) in [5.41, 5.74) is 22.5. The number of hydrogen-bond donors (Lipinski definition) is 0. The first-order chi connectivity index (χ1) is 47.5. The van der Waals surface area contributed by atoms with Gasteiger partial charge in [-0.25, -0.2) is 4.70 Å². The van der Waals surface area contributed by atoms with Crippen molar-refractivity contribution in [1.82, 2.24) is 0 Å². The Morgan fingerprint density at radius 3 is 0.753 bits per heavy atom. The topological polar surface area (TPSA) is 25.3 Å². The summed E-state index contributed by atoms with van der Waals surface area (Å²) in [6, 6.07) is 18.5. The summed E-state index contributed by atoms with van der Waals surface area (Å²) in [4.78, 5) is 0. The molecule has 566 valence electrons. The van der Waals surface area contributed by atoms with E-state index < -0.39 is 0 Å². The Morgan fingerprint density at radius 1 is 0.237 bits per heavy atom. The van der Waals surface area contributed by atoms with E-state index in [4.69, 9.17) is 0 Å².